The largest absolute Gasteiger partial charge is 0.462 e. The molecule has 3 aliphatic heterocycles. The van der Waals surface area contributed by atoms with Gasteiger partial charge in [-0.25, -0.2) is 0 Å². The highest BCUT2D eigenvalue weighted by Gasteiger charge is 2.48. The highest BCUT2D eigenvalue weighted by molar-refractivity contribution is 6.74. The van der Waals surface area contributed by atoms with Crippen molar-refractivity contribution in [1.82, 2.24) is 4.90 Å². The number of hydrogen-bond donors (Lipinski definition) is 0. The Bertz CT molecular complexity index is 1420. The van der Waals surface area contributed by atoms with Gasteiger partial charge in [0.2, 0.25) is 0 Å². The molecule has 0 aliphatic carbocycles. The molecule has 0 saturated carbocycles. The molecule has 14 atom stereocenters. The molecule has 4 rings (SSSR count). The Labute approximate surface area is 360 Å². The van der Waals surface area contributed by atoms with Crippen LogP contribution in [-0.4, -0.2) is 94.1 Å². The molecule has 0 spiro atoms. The summed E-state index contributed by atoms with van der Waals surface area (Å²) in [5, 5.41) is 0.0728. The second-order valence-corrected chi connectivity index (χ2v) is 25.2. The lowest BCUT2D eigenvalue weighted by atomic mass is 9.84. The zero-order valence-electron chi connectivity index (χ0n) is 39.7. The molecule has 0 N–H and O–H groups in total. The number of carbonyl (C=O) groups excluding carboxylic acids is 2. The van der Waals surface area contributed by atoms with Crippen molar-refractivity contribution in [1.29, 1.82) is 0 Å². The van der Waals surface area contributed by atoms with Crippen LogP contribution in [0, 0.1) is 29.6 Å². The second-order valence-electron chi connectivity index (χ2n) is 20.5. The quantitative estimate of drug-likeness (QED) is 0.0835. The van der Waals surface area contributed by atoms with Crippen molar-refractivity contribution in [3.63, 3.8) is 0 Å². The van der Waals surface area contributed by atoms with Gasteiger partial charge in [0.1, 0.15) is 12.7 Å². The molecule has 3 heterocycles. The molecule has 3 fully saturated rings. The average Bonchev–Trinajstić information content (AvgIpc) is 3.99. The fourth-order valence-electron chi connectivity index (χ4n) is 9.41. The van der Waals surface area contributed by atoms with Crippen LogP contribution < -0.4 is 0 Å². The van der Waals surface area contributed by atoms with Crippen LogP contribution in [0.5, 0.6) is 0 Å². The first-order valence-electron chi connectivity index (χ1n) is 23.5. The summed E-state index contributed by atoms with van der Waals surface area (Å²) < 4.78 is 39.6. The van der Waals surface area contributed by atoms with Gasteiger partial charge in [0.15, 0.2) is 8.32 Å². The molecule has 1 aromatic carbocycles. The molecule has 0 amide bonds. The summed E-state index contributed by atoms with van der Waals surface area (Å²) in [6.45, 7) is 26.9. The predicted molar refractivity (Wildman–Crippen MR) is 240 cm³/mol. The number of hydrogen-bond acceptors (Lipinski definition) is 9. The van der Waals surface area contributed by atoms with Crippen LogP contribution in [0.1, 0.15) is 145 Å². The lowest BCUT2D eigenvalue weighted by Gasteiger charge is -2.45. The van der Waals surface area contributed by atoms with Gasteiger partial charge in [0.25, 0.3) is 0 Å². The van der Waals surface area contributed by atoms with Crippen LogP contribution in [0.25, 0.3) is 0 Å². The van der Waals surface area contributed by atoms with Crippen LogP contribution in [0.3, 0.4) is 0 Å². The first kappa shape index (κ1) is 49.8. The van der Waals surface area contributed by atoms with Crippen LogP contribution in [-0.2, 0) is 44.3 Å². The van der Waals surface area contributed by atoms with E-state index in [4.69, 9.17) is 28.1 Å². The van der Waals surface area contributed by atoms with E-state index in [0.717, 1.165) is 63.4 Å². The maximum absolute atomic E-state index is 13.9. The van der Waals surface area contributed by atoms with E-state index in [-0.39, 0.29) is 102 Å². The van der Waals surface area contributed by atoms with E-state index in [0.29, 0.717) is 6.04 Å². The minimum Gasteiger partial charge on any atom is -0.462 e. The SMILES string of the molecule is CCC[C@H](C[C@@H]1CC[C@H]([C@@H](C)[C@H](O[Si](C)(C)C(C)(C)C)[C@H](C)[C@@H]2CC[C@H]([C@@H](C)C(=O)O[C@@H](CCC)[C@H](C)[C@@H]3CC[C@H]([C@@H](C)C(=O)OCc4ccccc4)O3)O2)O1)N(C)C. The third-order valence-corrected chi connectivity index (χ3v) is 19.2. The third-order valence-electron chi connectivity index (χ3n) is 14.7. The maximum atomic E-state index is 13.9. The molecule has 3 aliphatic rings. The fourth-order valence-corrected chi connectivity index (χ4v) is 10.9. The minimum absolute atomic E-state index is 0.00606. The summed E-state index contributed by atoms with van der Waals surface area (Å²) in [5.41, 5.74) is 0.965. The zero-order chi connectivity index (χ0) is 43.7. The Morgan fingerprint density at radius 1 is 0.729 bits per heavy atom. The van der Waals surface area contributed by atoms with Gasteiger partial charge < -0.3 is 33.0 Å². The summed E-state index contributed by atoms with van der Waals surface area (Å²) in [6.07, 6.45) is 10.2. The topological polar surface area (TPSA) is 92.8 Å². The Morgan fingerprint density at radius 3 is 1.78 bits per heavy atom. The molecule has 0 bridgehead atoms. The van der Waals surface area contributed by atoms with Gasteiger partial charge in [-0.1, -0.05) is 98.6 Å². The van der Waals surface area contributed by atoms with Crippen LogP contribution in [0.15, 0.2) is 30.3 Å². The summed E-state index contributed by atoms with van der Waals surface area (Å²) in [7, 11) is 2.26. The summed E-state index contributed by atoms with van der Waals surface area (Å²) in [6, 6.07) is 10.3. The van der Waals surface area contributed by atoms with Gasteiger partial charge in [0.05, 0.1) is 54.6 Å². The molecule has 3 saturated heterocycles. The van der Waals surface area contributed by atoms with Gasteiger partial charge in [-0.05, 0) is 109 Å². The third kappa shape index (κ3) is 13.6. The summed E-state index contributed by atoms with van der Waals surface area (Å²) in [4.78, 5) is 29.2. The number of carbonyl (C=O) groups is 2. The highest BCUT2D eigenvalue weighted by Crippen LogP contribution is 2.44. The minimum atomic E-state index is -2.13. The van der Waals surface area contributed by atoms with Crippen LogP contribution in [0.2, 0.25) is 18.1 Å². The van der Waals surface area contributed by atoms with Crippen molar-refractivity contribution in [3.8, 4) is 0 Å². The number of esters is 2. The van der Waals surface area contributed by atoms with E-state index in [1.165, 1.54) is 12.8 Å². The molecule has 0 radical (unpaired) electrons. The van der Waals surface area contributed by atoms with E-state index in [1.807, 2.05) is 44.2 Å². The van der Waals surface area contributed by atoms with Gasteiger partial charge in [-0.3, -0.25) is 9.59 Å². The average molecular weight is 844 g/mol. The van der Waals surface area contributed by atoms with E-state index in [2.05, 4.69) is 87.5 Å². The standard InChI is InChI=1S/C49H85NO8Si/c1-15-20-38(50(11)12)30-39-24-25-42(54-39)33(4)46(58-59(13,14)49(8,9)10)34(5)43-27-29-45(56-43)36(7)48(52)57-40(21-16-2)32(3)41-26-28-44(55-41)35(6)47(51)53-31-37-22-18-17-19-23-37/h17-19,22-23,32-36,38-46H,15-16,20-21,24-31H2,1-14H3/t32-,33+,34+,35+,36+,38+,39-,40-,41-,42+,43-,44+,45+,46-/m0/s1. The van der Waals surface area contributed by atoms with Gasteiger partial charge in [0, 0.05) is 23.8 Å². The summed E-state index contributed by atoms with van der Waals surface area (Å²) in [5.74, 6) is -0.856. The van der Waals surface area contributed by atoms with Crippen molar-refractivity contribution in [3.05, 3.63) is 35.9 Å². The van der Waals surface area contributed by atoms with Crippen molar-refractivity contribution < 1.29 is 37.7 Å². The van der Waals surface area contributed by atoms with E-state index in [1.54, 1.807) is 0 Å². The van der Waals surface area contributed by atoms with Crippen LogP contribution in [0.4, 0.5) is 0 Å². The number of benzene rings is 1. The molecular weight excluding hydrogens is 759 g/mol. The predicted octanol–water partition coefficient (Wildman–Crippen LogP) is 10.8. The molecular formula is C49H85NO8Si. The van der Waals surface area contributed by atoms with Gasteiger partial charge >= 0.3 is 11.9 Å². The Hall–Kier alpha value is -1.82. The van der Waals surface area contributed by atoms with Crippen molar-refractivity contribution in [2.45, 2.75) is 219 Å². The van der Waals surface area contributed by atoms with E-state index >= 15 is 0 Å². The normalized spacial score (nSPS) is 28.1. The van der Waals surface area contributed by atoms with Gasteiger partial charge in [-0.15, -0.1) is 0 Å². The highest BCUT2D eigenvalue weighted by atomic mass is 28.4. The lowest BCUT2D eigenvalue weighted by Crippen LogP contribution is -2.51. The molecule has 338 valence electrons. The van der Waals surface area contributed by atoms with Crippen molar-refractivity contribution in [2.75, 3.05) is 14.1 Å². The van der Waals surface area contributed by atoms with Crippen molar-refractivity contribution in [2.24, 2.45) is 29.6 Å². The number of nitrogens with zero attached hydrogens (tertiary/aromatic N) is 1. The van der Waals surface area contributed by atoms with Crippen LogP contribution >= 0.6 is 0 Å². The Morgan fingerprint density at radius 2 is 1.24 bits per heavy atom. The van der Waals surface area contributed by atoms with E-state index in [9.17, 15) is 9.59 Å². The number of rotatable bonds is 22. The Kier molecular flexibility index (Phi) is 19.0. The first-order chi connectivity index (χ1) is 27.8. The Balaban J connectivity index is 1.35. The smallest absolute Gasteiger partial charge is 0.311 e. The lowest BCUT2D eigenvalue weighted by molar-refractivity contribution is -0.166. The monoisotopic (exact) mass is 844 g/mol. The van der Waals surface area contributed by atoms with Crippen molar-refractivity contribution >= 4 is 20.3 Å². The number of ether oxygens (including phenoxy) is 5. The first-order valence-corrected chi connectivity index (χ1v) is 26.4. The molecule has 10 heteroatoms. The molecule has 1 aromatic rings. The van der Waals surface area contributed by atoms with Gasteiger partial charge in [-0.2, -0.15) is 0 Å². The summed E-state index contributed by atoms with van der Waals surface area (Å²) >= 11 is 0. The molecule has 0 unspecified atom stereocenters. The molecule has 59 heavy (non-hydrogen) atoms. The van der Waals surface area contributed by atoms with E-state index < -0.39 is 8.32 Å². The molecule has 9 nitrogen and oxygen atoms in total. The molecule has 0 aromatic heterocycles. The fraction of sp³-hybridized carbons (Fsp3) is 0.837. The maximum Gasteiger partial charge on any atom is 0.311 e. The zero-order valence-corrected chi connectivity index (χ0v) is 40.7. The second kappa shape index (κ2) is 22.5.